The van der Waals surface area contributed by atoms with Crippen LogP contribution in [0.3, 0.4) is 0 Å². The lowest BCUT2D eigenvalue weighted by Crippen LogP contribution is -2.40. The van der Waals surface area contributed by atoms with Gasteiger partial charge >= 0.3 is 0 Å². The van der Waals surface area contributed by atoms with Crippen LogP contribution in [0.2, 0.25) is 0 Å². The third-order valence-corrected chi connectivity index (χ3v) is 8.66. The van der Waals surface area contributed by atoms with Gasteiger partial charge in [0.15, 0.2) is 5.16 Å². The van der Waals surface area contributed by atoms with Crippen LogP contribution in [0.4, 0.5) is 0 Å². The lowest BCUT2D eigenvalue weighted by atomic mass is 9.95. The number of carbonyl (C=O) groups excluding carboxylic acids is 1. The fourth-order valence-corrected chi connectivity index (χ4v) is 6.94. The first-order chi connectivity index (χ1) is 15.2. The van der Waals surface area contributed by atoms with Gasteiger partial charge in [0.1, 0.15) is 5.82 Å². The number of hydrogen-bond acceptors (Lipinski definition) is 6. The number of para-hydroxylation sites is 1. The normalized spacial score (nSPS) is 20.4. The van der Waals surface area contributed by atoms with E-state index in [2.05, 4.69) is 33.0 Å². The van der Waals surface area contributed by atoms with Crippen LogP contribution in [0, 0.1) is 6.92 Å². The van der Waals surface area contributed by atoms with Gasteiger partial charge in [0.2, 0.25) is 5.91 Å². The van der Waals surface area contributed by atoms with Gasteiger partial charge in [-0.2, -0.15) is 0 Å². The lowest BCUT2D eigenvalue weighted by Gasteiger charge is -2.32. The minimum atomic E-state index is 0.201. The third kappa shape index (κ3) is 4.51. The zero-order valence-corrected chi connectivity index (χ0v) is 19.6. The van der Waals surface area contributed by atoms with Crippen molar-refractivity contribution in [2.45, 2.75) is 69.0 Å². The Bertz CT molecular complexity index is 1020. The maximum atomic E-state index is 13.0. The maximum absolute atomic E-state index is 13.0. The van der Waals surface area contributed by atoms with E-state index in [1.54, 1.807) is 23.1 Å². The van der Waals surface area contributed by atoms with Crippen molar-refractivity contribution >= 4 is 39.2 Å². The Morgan fingerprint density at radius 3 is 2.81 bits per heavy atom. The number of thioether (sulfide) groups is 1. The largest absolute Gasteiger partial charge is 0.341 e. The number of carbonyl (C=O) groups is 1. The second-order valence-electron chi connectivity index (χ2n) is 8.68. The third-order valence-electron chi connectivity index (χ3n) is 6.53. The van der Waals surface area contributed by atoms with Crippen LogP contribution in [0.5, 0.6) is 0 Å². The summed E-state index contributed by atoms with van der Waals surface area (Å²) in [6.45, 7) is 3.64. The van der Waals surface area contributed by atoms with Crippen LogP contribution in [0.15, 0.2) is 29.4 Å². The predicted octanol–water partition coefficient (Wildman–Crippen LogP) is 5.20. The number of amides is 1. The van der Waals surface area contributed by atoms with E-state index in [-0.39, 0.29) is 5.91 Å². The molecule has 0 radical (unpaired) electrons. The average Bonchev–Trinajstić information content (AvgIpc) is 3.41. The quantitative estimate of drug-likeness (QED) is 0.495. The van der Waals surface area contributed by atoms with Crippen molar-refractivity contribution in [2.24, 2.45) is 0 Å². The standard InChI is InChI=1S/C23H29N5OS2/c1-16-25-26-23(28(16)18-9-3-2-4-10-18)30-15-21(29)27-13-7-8-17(14-27)22-24-19-11-5-6-12-20(19)31-22/h5-6,11-12,17-18H,2-4,7-10,13-15H2,1H3/t17-/m0/s1. The van der Waals surface area contributed by atoms with Gasteiger partial charge in [0.05, 0.1) is 21.0 Å². The summed E-state index contributed by atoms with van der Waals surface area (Å²) in [4.78, 5) is 19.9. The summed E-state index contributed by atoms with van der Waals surface area (Å²) in [7, 11) is 0. The van der Waals surface area contributed by atoms with E-state index in [1.807, 2.05) is 17.9 Å². The highest BCUT2D eigenvalue weighted by molar-refractivity contribution is 7.99. The van der Waals surface area contributed by atoms with Gasteiger partial charge < -0.3 is 9.47 Å². The average molecular weight is 456 g/mol. The van der Waals surface area contributed by atoms with Gasteiger partial charge in [-0.05, 0) is 44.7 Å². The number of likely N-dealkylation sites (tertiary alicyclic amines) is 1. The molecule has 164 valence electrons. The fraction of sp³-hybridized carbons (Fsp3) is 0.565. The minimum Gasteiger partial charge on any atom is -0.341 e. The highest BCUT2D eigenvalue weighted by Gasteiger charge is 2.28. The molecule has 5 rings (SSSR count). The molecule has 2 aliphatic rings. The van der Waals surface area contributed by atoms with Crippen molar-refractivity contribution in [3.05, 3.63) is 35.1 Å². The van der Waals surface area contributed by atoms with Crippen molar-refractivity contribution in [3.8, 4) is 0 Å². The van der Waals surface area contributed by atoms with E-state index in [4.69, 9.17) is 4.98 Å². The molecule has 3 aromatic rings. The van der Waals surface area contributed by atoms with Gasteiger partial charge in [0.25, 0.3) is 0 Å². The molecular weight excluding hydrogens is 426 g/mol. The Balaban J connectivity index is 1.23. The first kappa shape index (κ1) is 20.9. The number of nitrogens with zero attached hydrogens (tertiary/aromatic N) is 5. The number of fused-ring (bicyclic) bond motifs is 1. The molecule has 1 amide bonds. The number of rotatable bonds is 5. The molecule has 6 nitrogen and oxygen atoms in total. The zero-order valence-electron chi connectivity index (χ0n) is 18.0. The van der Waals surface area contributed by atoms with Crippen LogP contribution in [-0.4, -0.2) is 49.4 Å². The molecule has 1 saturated heterocycles. The van der Waals surface area contributed by atoms with Crippen molar-refractivity contribution in [3.63, 3.8) is 0 Å². The highest BCUT2D eigenvalue weighted by atomic mass is 32.2. The molecule has 2 aromatic heterocycles. The molecule has 0 spiro atoms. The summed E-state index contributed by atoms with van der Waals surface area (Å²) in [5.74, 6) is 1.94. The van der Waals surface area contributed by atoms with E-state index in [0.717, 1.165) is 42.4 Å². The first-order valence-corrected chi connectivity index (χ1v) is 13.2. The monoisotopic (exact) mass is 455 g/mol. The fourth-order valence-electron chi connectivity index (χ4n) is 4.90. The van der Waals surface area contributed by atoms with Crippen LogP contribution in [0.25, 0.3) is 10.2 Å². The summed E-state index contributed by atoms with van der Waals surface area (Å²) < 4.78 is 3.51. The second-order valence-corrected chi connectivity index (χ2v) is 10.7. The van der Waals surface area contributed by atoms with Crippen LogP contribution < -0.4 is 0 Å². The van der Waals surface area contributed by atoms with E-state index in [0.29, 0.717) is 17.7 Å². The molecule has 1 saturated carbocycles. The molecule has 1 atom stereocenters. The van der Waals surface area contributed by atoms with E-state index in [1.165, 1.54) is 41.8 Å². The number of thiazole rings is 1. The number of hydrogen-bond donors (Lipinski definition) is 0. The summed E-state index contributed by atoms with van der Waals surface area (Å²) in [6, 6.07) is 8.78. The van der Waals surface area contributed by atoms with Crippen molar-refractivity contribution < 1.29 is 4.79 Å². The molecule has 2 fully saturated rings. The Kier molecular flexibility index (Phi) is 6.27. The predicted molar refractivity (Wildman–Crippen MR) is 126 cm³/mol. The number of benzene rings is 1. The molecule has 0 bridgehead atoms. The molecule has 3 heterocycles. The smallest absolute Gasteiger partial charge is 0.233 e. The Hall–Kier alpha value is -1.93. The van der Waals surface area contributed by atoms with Crippen LogP contribution in [-0.2, 0) is 4.79 Å². The number of aryl methyl sites for hydroxylation is 1. The van der Waals surface area contributed by atoms with Crippen LogP contribution in [0.1, 0.15) is 67.7 Å². The molecule has 8 heteroatoms. The van der Waals surface area contributed by atoms with Crippen molar-refractivity contribution in [2.75, 3.05) is 18.8 Å². The Labute approximate surface area is 191 Å². The van der Waals surface area contributed by atoms with E-state index in [9.17, 15) is 4.79 Å². The van der Waals surface area contributed by atoms with Crippen LogP contribution >= 0.6 is 23.1 Å². The van der Waals surface area contributed by atoms with Gasteiger partial charge in [-0.1, -0.05) is 43.2 Å². The van der Waals surface area contributed by atoms with Gasteiger partial charge in [-0.3, -0.25) is 4.79 Å². The lowest BCUT2D eigenvalue weighted by molar-refractivity contribution is -0.129. The molecule has 1 aromatic carbocycles. The molecule has 1 aliphatic heterocycles. The first-order valence-electron chi connectivity index (χ1n) is 11.4. The molecule has 0 N–H and O–H groups in total. The topological polar surface area (TPSA) is 63.9 Å². The molecule has 31 heavy (non-hydrogen) atoms. The second kappa shape index (κ2) is 9.28. The summed E-state index contributed by atoms with van der Waals surface area (Å²) in [5.41, 5.74) is 1.07. The van der Waals surface area contributed by atoms with Gasteiger partial charge in [-0.25, -0.2) is 4.98 Å². The highest BCUT2D eigenvalue weighted by Crippen LogP contribution is 2.34. The summed E-state index contributed by atoms with van der Waals surface area (Å²) in [5, 5.41) is 10.8. The van der Waals surface area contributed by atoms with Gasteiger partial charge in [-0.15, -0.1) is 21.5 Å². The Morgan fingerprint density at radius 2 is 1.97 bits per heavy atom. The van der Waals surface area contributed by atoms with Crippen molar-refractivity contribution in [1.82, 2.24) is 24.6 Å². The number of piperidine rings is 1. The molecule has 0 unspecified atom stereocenters. The minimum absolute atomic E-state index is 0.201. The maximum Gasteiger partial charge on any atom is 0.233 e. The Morgan fingerprint density at radius 1 is 1.13 bits per heavy atom. The summed E-state index contributed by atoms with van der Waals surface area (Å²) >= 11 is 3.32. The number of aromatic nitrogens is 4. The van der Waals surface area contributed by atoms with E-state index >= 15 is 0 Å². The SMILES string of the molecule is Cc1nnc(SCC(=O)N2CCC[C@H](c3nc4ccccc4s3)C2)n1C1CCCCC1. The van der Waals surface area contributed by atoms with E-state index < -0.39 is 0 Å². The summed E-state index contributed by atoms with van der Waals surface area (Å²) in [6.07, 6.45) is 8.38. The molecular formula is C23H29N5OS2. The molecule has 1 aliphatic carbocycles. The zero-order chi connectivity index (χ0) is 21.2. The van der Waals surface area contributed by atoms with Crippen molar-refractivity contribution in [1.29, 1.82) is 0 Å². The van der Waals surface area contributed by atoms with Gasteiger partial charge in [0, 0.05) is 25.0 Å².